The van der Waals surface area contributed by atoms with Gasteiger partial charge in [0.25, 0.3) is 0 Å². The number of nitrogens with one attached hydrogen (secondary N) is 2. The van der Waals surface area contributed by atoms with Crippen molar-refractivity contribution in [3.05, 3.63) is 47.4 Å². The van der Waals surface area contributed by atoms with Gasteiger partial charge in [0, 0.05) is 43.3 Å². The van der Waals surface area contributed by atoms with Crippen LogP contribution >= 0.6 is 0 Å². The van der Waals surface area contributed by atoms with Crippen LogP contribution in [0.15, 0.2) is 35.5 Å². The summed E-state index contributed by atoms with van der Waals surface area (Å²) in [5.41, 5.74) is 2.86. The highest BCUT2D eigenvalue weighted by Gasteiger charge is 2.28. The molecule has 1 fully saturated rings. The van der Waals surface area contributed by atoms with E-state index in [2.05, 4.69) is 20.6 Å². The predicted molar refractivity (Wildman–Crippen MR) is 116 cm³/mol. The van der Waals surface area contributed by atoms with Crippen molar-refractivity contribution in [1.29, 1.82) is 0 Å². The number of aromatic nitrogens is 1. The Morgan fingerprint density at radius 1 is 1.27 bits per heavy atom. The molecule has 2 aromatic rings. The molecule has 1 heterocycles. The van der Waals surface area contributed by atoms with Crippen molar-refractivity contribution in [3.8, 4) is 11.1 Å². The Morgan fingerprint density at radius 2 is 2.07 bits per heavy atom. The van der Waals surface area contributed by atoms with Crippen LogP contribution in [0.3, 0.4) is 0 Å². The molecule has 1 aliphatic rings. The van der Waals surface area contributed by atoms with E-state index >= 15 is 0 Å². The first-order valence-electron chi connectivity index (χ1n) is 10.1. The Balaban J connectivity index is 1.82. The van der Waals surface area contributed by atoms with Crippen molar-refractivity contribution in [2.24, 2.45) is 10.9 Å². The van der Waals surface area contributed by atoms with Crippen molar-refractivity contribution >= 4 is 23.8 Å². The molecule has 1 aliphatic carbocycles. The molecule has 30 heavy (non-hydrogen) atoms. The summed E-state index contributed by atoms with van der Waals surface area (Å²) in [5, 5.41) is 5.72. The summed E-state index contributed by atoms with van der Waals surface area (Å²) in [6, 6.07) is 7.19. The van der Waals surface area contributed by atoms with Gasteiger partial charge in [-0.3, -0.25) is 14.6 Å². The van der Waals surface area contributed by atoms with E-state index in [0.29, 0.717) is 23.4 Å². The number of nitrogens with zero attached hydrogens (tertiary/aromatic N) is 2. The summed E-state index contributed by atoms with van der Waals surface area (Å²) in [7, 11) is 1.67. The van der Waals surface area contributed by atoms with Crippen LogP contribution in [-0.4, -0.2) is 36.1 Å². The van der Waals surface area contributed by atoms with Crippen LogP contribution in [0.5, 0.6) is 0 Å². The topological polar surface area (TPSA) is 83.5 Å². The molecule has 2 amide bonds. The van der Waals surface area contributed by atoms with Gasteiger partial charge in [-0.15, -0.1) is 0 Å². The molecule has 0 aliphatic heterocycles. The van der Waals surface area contributed by atoms with Crippen LogP contribution in [0.4, 0.5) is 10.2 Å². The molecule has 1 saturated carbocycles. The Bertz CT molecular complexity index is 974. The van der Waals surface area contributed by atoms with Crippen LogP contribution in [0.2, 0.25) is 0 Å². The number of anilines is 1. The first-order chi connectivity index (χ1) is 14.4. The third kappa shape index (κ3) is 5.09. The van der Waals surface area contributed by atoms with Gasteiger partial charge in [-0.05, 0) is 43.4 Å². The van der Waals surface area contributed by atoms with E-state index in [9.17, 15) is 14.0 Å². The Hall–Kier alpha value is -3.09. The molecule has 0 spiro atoms. The van der Waals surface area contributed by atoms with Crippen molar-refractivity contribution in [3.63, 3.8) is 0 Å². The number of carbonyl (C=O) groups is 2. The van der Waals surface area contributed by atoms with Gasteiger partial charge < -0.3 is 10.6 Å². The van der Waals surface area contributed by atoms with Crippen LogP contribution in [0, 0.1) is 18.7 Å². The molecular weight excluding hydrogens is 383 g/mol. The Labute approximate surface area is 176 Å². The molecule has 0 unspecified atom stereocenters. The summed E-state index contributed by atoms with van der Waals surface area (Å²) in [6.45, 7) is 3.42. The lowest BCUT2D eigenvalue weighted by molar-refractivity contribution is -0.123. The van der Waals surface area contributed by atoms with Gasteiger partial charge in [0.05, 0.1) is 6.20 Å². The molecule has 1 aromatic heterocycles. The van der Waals surface area contributed by atoms with Gasteiger partial charge in [0.1, 0.15) is 11.6 Å². The first kappa shape index (κ1) is 21.6. The zero-order chi connectivity index (χ0) is 21.7. The molecule has 3 rings (SSSR count). The molecule has 0 radical (unpaired) electrons. The van der Waals surface area contributed by atoms with Crippen molar-refractivity contribution in [2.45, 2.75) is 45.6 Å². The van der Waals surface area contributed by atoms with E-state index in [-0.39, 0.29) is 23.8 Å². The molecular formula is C23H27FN4O2. The fourth-order valence-electron chi connectivity index (χ4n) is 4.00. The van der Waals surface area contributed by atoms with Crippen molar-refractivity contribution in [1.82, 2.24) is 10.3 Å². The number of rotatable bonds is 5. The van der Waals surface area contributed by atoms with E-state index < -0.39 is 5.82 Å². The maximum Gasteiger partial charge on any atom is 0.228 e. The van der Waals surface area contributed by atoms with Gasteiger partial charge in [-0.25, -0.2) is 9.37 Å². The number of benzene rings is 1. The monoisotopic (exact) mass is 410 g/mol. The van der Waals surface area contributed by atoms with E-state index in [1.165, 1.54) is 6.92 Å². The van der Waals surface area contributed by atoms with Gasteiger partial charge >= 0.3 is 0 Å². The molecule has 2 atom stereocenters. The fourth-order valence-corrected chi connectivity index (χ4v) is 4.00. The normalized spacial score (nSPS) is 18.9. The van der Waals surface area contributed by atoms with Crippen LogP contribution < -0.4 is 10.6 Å². The van der Waals surface area contributed by atoms with Gasteiger partial charge in [0.15, 0.2) is 0 Å². The average Bonchev–Trinajstić information content (AvgIpc) is 2.71. The lowest BCUT2D eigenvalue weighted by atomic mass is 9.85. The first-order valence-corrected chi connectivity index (χ1v) is 10.1. The predicted octanol–water partition coefficient (Wildman–Crippen LogP) is 3.88. The molecule has 6 nitrogen and oxygen atoms in total. The summed E-state index contributed by atoms with van der Waals surface area (Å²) in [4.78, 5) is 32.2. The highest BCUT2D eigenvalue weighted by atomic mass is 19.1. The minimum absolute atomic E-state index is 0.00641. The molecule has 0 saturated heterocycles. The second-order valence-corrected chi connectivity index (χ2v) is 7.72. The van der Waals surface area contributed by atoms with E-state index in [4.69, 9.17) is 0 Å². The van der Waals surface area contributed by atoms with Crippen LogP contribution in [0.1, 0.15) is 43.7 Å². The number of amides is 2. The minimum atomic E-state index is -0.465. The highest BCUT2D eigenvalue weighted by Crippen LogP contribution is 2.30. The van der Waals surface area contributed by atoms with E-state index in [1.54, 1.807) is 19.3 Å². The maximum absolute atomic E-state index is 14.6. The third-order valence-electron chi connectivity index (χ3n) is 5.43. The Kier molecular flexibility index (Phi) is 6.92. The number of aryl methyl sites for hydroxylation is 1. The number of aliphatic imine (C=N–C) groups is 1. The summed E-state index contributed by atoms with van der Waals surface area (Å²) < 4.78 is 14.6. The summed E-state index contributed by atoms with van der Waals surface area (Å²) in [6.07, 6.45) is 5.92. The number of carbonyl (C=O) groups excluding carboxylic acids is 2. The van der Waals surface area contributed by atoms with Crippen molar-refractivity contribution in [2.75, 3.05) is 12.4 Å². The summed E-state index contributed by atoms with van der Waals surface area (Å²) in [5.74, 6) is -0.621. The quantitative estimate of drug-likeness (QED) is 0.734. The minimum Gasteiger partial charge on any atom is -0.354 e. The zero-order valence-electron chi connectivity index (χ0n) is 17.5. The van der Waals surface area contributed by atoms with E-state index in [0.717, 1.165) is 36.6 Å². The van der Waals surface area contributed by atoms with Gasteiger partial charge in [-0.1, -0.05) is 24.6 Å². The van der Waals surface area contributed by atoms with Crippen LogP contribution in [0.25, 0.3) is 11.1 Å². The maximum atomic E-state index is 14.6. The largest absolute Gasteiger partial charge is 0.354 e. The van der Waals surface area contributed by atoms with Crippen molar-refractivity contribution < 1.29 is 14.0 Å². The Morgan fingerprint density at radius 3 is 2.80 bits per heavy atom. The lowest BCUT2D eigenvalue weighted by Gasteiger charge is -2.28. The molecule has 158 valence electrons. The number of pyridine rings is 1. The SMILES string of the molecule is CN=Cc1c(C)cccc1-c1cc(NC(=O)[C@H]2CCC[C@@H](NC(C)=O)C2)ncc1F. The average molecular weight is 410 g/mol. The van der Waals surface area contributed by atoms with Gasteiger partial charge in [-0.2, -0.15) is 0 Å². The fraction of sp³-hybridized carbons (Fsp3) is 0.391. The standard InChI is InChI=1S/C23H27FN4O2/c1-14-6-4-9-18(20(14)12-25-3)19-11-22(26-13-21(19)24)28-23(30)16-7-5-8-17(10-16)27-15(2)29/h4,6,9,11-13,16-17H,5,7-8,10H2,1-3H3,(H,27,29)(H,26,28,30)/t16-,17+/m0/s1. The lowest BCUT2D eigenvalue weighted by Crippen LogP contribution is -2.40. The molecule has 7 heteroatoms. The van der Waals surface area contributed by atoms with E-state index in [1.807, 2.05) is 25.1 Å². The van der Waals surface area contributed by atoms with Crippen LogP contribution in [-0.2, 0) is 9.59 Å². The second kappa shape index (κ2) is 9.61. The molecule has 2 N–H and O–H groups in total. The molecule has 1 aromatic carbocycles. The second-order valence-electron chi connectivity index (χ2n) is 7.72. The number of hydrogen-bond donors (Lipinski definition) is 2. The molecule has 0 bridgehead atoms. The summed E-state index contributed by atoms with van der Waals surface area (Å²) >= 11 is 0. The van der Waals surface area contributed by atoms with Gasteiger partial charge in [0.2, 0.25) is 11.8 Å². The number of halogens is 1. The zero-order valence-corrected chi connectivity index (χ0v) is 17.5. The highest BCUT2D eigenvalue weighted by molar-refractivity contribution is 5.94. The number of hydrogen-bond acceptors (Lipinski definition) is 4. The third-order valence-corrected chi connectivity index (χ3v) is 5.43. The smallest absolute Gasteiger partial charge is 0.228 e.